The van der Waals surface area contributed by atoms with Crippen LogP contribution in [0.4, 0.5) is 12.9 Å². The van der Waals surface area contributed by atoms with Crippen molar-refractivity contribution in [1.29, 1.82) is 0 Å². The Morgan fingerprint density at radius 2 is 1.69 bits per heavy atom. The van der Waals surface area contributed by atoms with E-state index in [9.17, 15) is 12.9 Å². The smallest absolute Gasteiger partial charge is 0.449 e. The average molecular weight is 213 g/mol. The number of halogens is 3. The van der Waals surface area contributed by atoms with E-state index in [-0.39, 0.29) is 57.8 Å². The maximum Gasteiger partial charge on any atom is 1.00 e. The van der Waals surface area contributed by atoms with E-state index in [1.54, 1.807) is 12.1 Å². The first kappa shape index (κ1) is 13.6. The van der Waals surface area contributed by atoms with E-state index in [0.29, 0.717) is 5.56 Å². The zero-order valence-electron chi connectivity index (χ0n) is 7.38. The topological polar surface area (TPSA) is 12.9 Å². The Morgan fingerprint density at radius 3 is 2.15 bits per heavy atom. The summed E-state index contributed by atoms with van der Waals surface area (Å²) in [5.74, 6) is 0. The van der Waals surface area contributed by atoms with Crippen LogP contribution in [0.3, 0.4) is 0 Å². The Labute approximate surface area is 118 Å². The van der Waals surface area contributed by atoms with Crippen LogP contribution in [0.1, 0.15) is 5.56 Å². The van der Waals surface area contributed by atoms with E-state index in [4.69, 9.17) is 0 Å². The summed E-state index contributed by atoms with van der Waals surface area (Å²) in [6.45, 7) is -4.65. The minimum Gasteiger partial charge on any atom is -0.449 e. The third-order valence-corrected chi connectivity index (χ3v) is 1.51. The van der Waals surface area contributed by atoms with Crippen LogP contribution in [0, 0.1) is 0 Å². The molecule has 6 heteroatoms. The molecule has 0 aromatic carbocycles. The fraction of sp³-hybridized carbons (Fsp3) is 0.286. The summed E-state index contributed by atoms with van der Waals surface area (Å²) in [5, 5.41) is 0. The van der Waals surface area contributed by atoms with E-state index >= 15 is 0 Å². The van der Waals surface area contributed by atoms with Crippen molar-refractivity contribution in [2.45, 2.75) is 12.7 Å². The molecule has 1 nitrogen and oxygen atoms in total. The molecular formula is C7H8BF3KN. The number of aryl methyl sites for hydroxylation is 1. The summed E-state index contributed by atoms with van der Waals surface area (Å²) >= 11 is 0. The van der Waals surface area contributed by atoms with Gasteiger partial charge in [-0.05, 0) is 17.7 Å². The Hall–Kier alpha value is 0.641. The molecule has 0 N–H and O–H groups in total. The van der Waals surface area contributed by atoms with E-state index in [2.05, 4.69) is 4.98 Å². The predicted octanol–water partition coefficient (Wildman–Crippen LogP) is -0.525. The van der Waals surface area contributed by atoms with Gasteiger partial charge in [-0.25, -0.2) is 0 Å². The number of hydrogen-bond donors (Lipinski definition) is 0. The molecule has 0 unspecified atom stereocenters. The van der Waals surface area contributed by atoms with Gasteiger partial charge in [0.1, 0.15) is 0 Å². The molecule has 0 saturated carbocycles. The Morgan fingerprint density at radius 1 is 1.15 bits per heavy atom. The average Bonchev–Trinajstić information content (AvgIpc) is 2.02. The molecule has 1 aromatic rings. The molecule has 0 atom stereocenters. The Kier molecular flexibility index (Phi) is 6.49. The minimum absolute atomic E-state index is 0. The summed E-state index contributed by atoms with van der Waals surface area (Å²) in [6.07, 6.45) is 2.35. The molecule has 0 amide bonds. The van der Waals surface area contributed by atoms with Crippen LogP contribution in [-0.2, 0) is 6.42 Å². The molecule has 0 bridgehead atoms. The van der Waals surface area contributed by atoms with Crippen LogP contribution in [-0.4, -0.2) is 12.0 Å². The predicted molar refractivity (Wildman–Crippen MR) is 41.8 cm³/mol. The third kappa shape index (κ3) is 6.68. The summed E-state index contributed by atoms with van der Waals surface area (Å²) in [5.41, 5.74) is 0.684. The maximum atomic E-state index is 11.8. The molecule has 0 radical (unpaired) electrons. The van der Waals surface area contributed by atoms with Crippen molar-refractivity contribution in [3.05, 3.63) is 30.1 Å². The summed E-state index contributed by atoms with van der Waals surface area (Å²) in [7, 11) is 0. The SMILES string of the molecule is F[B-](F)(F)CCc1ccncc1.[K+]. The van der Waals surface area contributed by atoms with E-state index in [1.807, 2.05) is 0 Å². The number of hydrogen-bond acceptors (Lipinski definition) is 1. The van der Waals surface area contributed by atoms with Gasteiger partial charge in [0.15, 0.2) is 0 Å². The van der Waals surface area contributed by atoms with Crippen molar-refractivity contribution in [1.82, 2.24) is 4.98 Å². The second-order valence-electron chi connectivity index (χ2n) is 2.60. The van der Waals surface area contributed by atoms with Gasteiger partial charge in [0, 0.05) is 12.4 Å². The molecule has 0 spiro atoms. The molecule has 1 rings (SSSR count). The summed E-state index contributed by atoms with van der Waals surface area (Å²) in [6, 6.07) is 3.20. The first-order chi connectivity index (χ1) is 5.58. The fourth-order valence-electron chi connectivity index (χ4n) is 0.880. The molecule has 1 heterocycles. The minimum atomic E-state index is -4.65. The van der Waals surface area contributed by atoms with Crippen LogP contribution in [0.2, 0.25) is 6.32 Å². The van der Waals surface area contributed by atoms with Gasteiger partial charge in [-0.1, -0.05) is 12.7 Å². The summed E-state index contributed by atoms with van der Waals surface area (Å²) in [4.78, 5) is 3.71. The van der Waals surface area contributed by atoms with Gasteiger partial charge in [-0.3, -0.25) is 4.98 Å². The quantitative estimate of drug-likeness (QED) is 0.615. The van der Waals surface area contributed by atoms with Crippen molar-refractivity contribution < 1.29 is 64.3 Å². The molecule has 66 valence electrons. The van der Waals surface area contributed by atoms with E-state index < -0.39 is 13.3 Å². The van der Waals surface area contributed by atoms with Crippen LogP contribution in [0.15, 0.2) is 24.5 Å². The number of aromatic nitrogens is 1. The van der Waals surface area contributed by atoms with Crippen LogP contribution in [0.25, 0.3) is 0 Å². The number of rotatable bonds is 3. The van der Waals surface area contributed by atoms with Gasteiger partial charge in [0.05, 0.1) is 0 Å². The molecule has 1 aromatic heterocycles. The molecule has 0 fully saturated rings. The van der Waals surface area contributed by atoms with E-state index in [1.165, 1.54) is 12.4 Å². The normalized spacial score (nSPS) is 10.7. The molecule has 0 aliphatic heterocycles. The van der Waals surface area contributed by atoms with Gasteiger partial charge in [0.25, 0.3) is 0 Å². The molecule has 0 saturated heterocycles. The van der Waals surface area contributed by atoms with Gasteiger partial charge in [0.2, 0.25) is 0 Å². The van der Waals surface area contributed by atoms with Gasteiger partial charge in [-0.2, -0.15) is 0 Å². The zero-order chi connectivity index (χ0) is 9.03. The van der Waals surface area contributed by atoms with Crippen molar-refractivity contribution in [2.24, 2.45) is 0 Å². The van der Waals surface area contributed by atoms with Crippen molar-refractivity contribution >= 4 is 6.98 Å². The molecule has 0 aliphatic rings. The summed E-state index contributed by atoms with van der Waals surface area (Å²) < 4.78 is 35.4. The second kappa shape index (κ2) is 6.19. The number of nitrogens with zero attached hydrogens (tertiary/aromatic N) is 1. The Balaban J connectivity index is 0.00000144. The first-order valence-corrected chi connectivity index (χ1v) is 3.68. The fourth-order valence-corrected chi connectivity index (χ4v) is 0.880. The molecule has 13 heavy (non-hydrogen) atoms. The maximum absolute atomic E-state index is 11.8. The van der Waals surface area contributed by atoms with Gasteiger partial charge >= 0.3 is 58.4 Å². The van der Waals surface area contributed by atoms with Crippen LogP contribution >= 0.6 is 0 Å². The number of pyridine rings is 1. The van der Waals surface area contributed by atoms with Crippen LogP contribution < -0.4 is 51.4 Å². The second-order valence-corrected chi connectivity index (χ2v) is 2.60. The van der Waals surface area contributed by atoms with E-state index in [0.717, 1.165) is 0 Å². The van der Waals surface area contributed by atoms with Crippen molar-refractivity contribution in [2.75, 3.05) is 0 Å². The van der Waals surface area contributed by atoms with Crippen molar-refractivity contribution in [3.8, 4) is 0 Å². The molecule has 0 aliphatic carbocycles. The van der Waals surface area contributed by atoms with Crippen molar-refractivity contribution in [3.63, 3.8) is 0 Å². The van der Waals surface area contributed by atoms with Gasteiger partial charge in [-0.15, -0.1) is 0 Å². The Bertz CT molecular complexity index is 239. The third-order valence-electron chi connectivity index (χ3n) is 1.51. The zero-order valence-corrected chi connectivity index (χ0v) is 10.5. The largest absolute Gasteiger partial charge is 1.00 e. The standard InChI is InChI=1S/C7H8BF3N.K/c9-8(10,11)4-1-7-2-5-12-6-3-7;/h2-3,5-6H,1,4H2;/q-1;+1. The monoisotopic (exact) mass is 213 g/mol. The molecular weight excluding hydrogens is 205 g/mol. The van der Waals surface area contributed by atoms with Gasteiger partial charge < -0.3 is 12.9 Å². The van der Waals surface area contributed by atoms with Crippen LogP contribution in [0.5, 0.6) is 0 Å². The first-order valence-electron chi connectivity index (χ1n) is 3.68.